The van der Waals surface area contributed by atoms with Crippen molar-refractivity contribution >= 4 is 5.97 Å². The molecule has 3 nitrogen and oxygen atoms in total. The number of carboxylic acids is 1. The smallest absolute Gasteiger partial charge is 0.303 e. The highest BCUT2D eigenvalue weighted by atomic mass is 16.4. The van der Waals surface area contributed by atoms with Gasteiger partial charge in [0.1, 0.15) is 0 Å². The highest BCUT2D eigenvalue weighted by molar-refractivity contribution is 5.68. The van der Waals surface area contributed by atoms with Crippen LogP contribution in [0.2, 0.25) is 0 Å². The molecule has 2 atom stereocenters. The third-order valence-corrected chi connectivity index (χ3v) is 1.98. The van der Waals surface area contributed by atoms with Gasteiger partial charge in [0.25, 0.3) is 0 Å². The van der Waals surface area contributed by atoms with E-state index in [4.69, 9.17) is 10.8 Å². The second-order valence-corrected chi connectivity index (χ2v) is 3.04. The van der Waals surface area contributed by atoms with Gasteiger partial charge in [-0.15, -0.1) is 0 Å². The highest BCUT2D eigenvalue weighted by Crippen LogP contribution is 2.46. The molecule has 1 aliphatic rings. The lowest BCUT2D eigenvalue weighted by molar-refractivity contribution is -0.138. The summed E-state index contributed by atoms with van der Waals surface area (Å²) in [5.41, 5.74) is 5.39. The zero-order chi connectivity index (χ0) is 7.07. The molecule has 0 heterocycles. The van der Waals surface area contributed by atoms with Gasteiger partial charge in [-0.1, -0.05) is 6.92 Å². The minimum Gasteiger partial charge on any atom is -0.481 e. The fourth-order valence-corrected chi connectivity index (χ4v) is 0.992. The summed E-state index contributed by atoms with van der Waals surface area (Å²) in [6, 6.07) is 0.119. The van der Waals surface area contributed by atoms with Crippen molar-refractivity contribution in [2.75, 3.05) is 0 Å². The molecule has 1 fully saturated rings. The Morgan fingerprint density at radius 3 is 2.56 bits per heavy atom. The van der Waals surface area contributed by atoms with Crippen molar-refractivity contribution in [3.8, 4) is 0 Å². The van der Waals surface area contributed by atoms with Crippen LogP contribution >= 0.6 is 0 Å². The Morgan fingerprint density at radius 1 is 2.00 bits per heavy atom. The van der Waals surface area contributed by atoms with E-state index in [0.717, 1.165) is 6.42 Å². The Hall–Kier alpha value is -0.570. The lowest BCUT2D eigenvalue weighted by Gasteiger charge is -2.02. The van der Waals surface area contributed by atoms with E-state index in [9.17, 15) is 4.79 Å². The zero-order valence-electron chi connectivity index (χ0n) is 5.42. The van der Waals surface area contributed by atoms with Crippen LogP contribution in [-0.4, -0.2) is 17.1 Å². The van der Waals surface area contributed by atoms with Crippen LogP contribution in [0.3, 0.4) is 0 Å². The van der Waals surface area contributed by atoms with Gasteiger partial charge in [-0.3, -0.25) is 4.79 Å². The van der Waals surface area contributed by atoms with Crippen LogP contribution in [0.25, 0.3) is 0 Å². The average molecular weight is 129 g/mol. The summed E-state index contributed by atoms with van der Waals surface area (Å²) in [7, 11) is 0. The molecule has 0 spiro atoms. The number of carboxylic acid groups (broad SMARTS) is 1. The number of hydrogen-bond acceptors (Lipinski definition) is 2. The van der Waals surface area contributed by atoms with Crippen LogP contribution in [-0.2, 0) is 4.79 Å². The molecule has 3 N–H and O–H groups in total. The van der Waals surface area contributed by atoms with Crippen LogP contribution in [0, 0.1) is 5.41 Å². The van der Waals surface area contributed by atoms with E-state index >= 15 is 0 Å². The SMILES string of the molecule is C[C@@]1(CC(=O)O)C[C@@H]1N. The van der Waals surface area contributed by atoms with E-state index in [1.54, 1.807) is 0 Å². The second kappa shape index (κ2) is 1.70. The first kappa shape index (κ1) is 6.55. The summed E-state index contributed by atoms with van der Waals surface area (Å²) >= 11 is 0. The molecule has 3 heteroatoms. The Morgan fingerprint density at radius 2 is 2.44 bits per heavy atom. The van der Waals surface area contributed by atoms with Crippen LogP contribution in [0.15, 0.2) is 0 Å². The molecular formula is C6H11NO2. The first-order chi connectivity index (χ1) is 4.04. The minimum atomic E-state index is -0.745. The van der Waals surface area contributed by atoms with Crippen molar-refractivity contribution in [3.63, 3.8) is 0 Å². The van der Waals surface area contributed by atoms with Crippen molar-refractivity contribution in [2.24, 2.45) is 11.1 Å². The molecule has 0 bridgehead atoms. The van der Waals surface area contributed by atoms with Crippen molar-refractivity contribution < 1.29 is 9.90 Å². The lowest BCUT2D eigenvalue weighted by Crippen LogP contribution is -2.14. The number of nitrogens with two attached hydrogens (primary N) is 1. The molecule has 0 aromatic carbocycles. The predicted molar refractivity (Wildman–Crippen MR) is 33.0 cm³/mol. The molecule has 52 valence electrons. The molecule has 9 heavy (non-hydrogen) atoms. The highest BCUT2D eigenvalue weighted by Gasteiger charge is 2.48. The Bertz CT molecular complexity index is 146. The molecule has 1 rings (SSSR count). The molecule has 0 amide bonds. The quantitative estimate of drug-likeness (QED) is 0.559. The maximum absolute atomic E-state index is 10.1. The summed E-state index contributed by atoms with van der Waals surface area (Å²) in [6.07, 6.45) is 1.08. The summed E-state index contributed by atoms with van der Waals surface area (Å²) in [5.74, 6) is -0.745. The van der Waals surface area contributed by atoms with Crippen LogP contribution in [0.4, 0.5) is 0 Å². The minimum absolute atomic E-state index is 0.0914. The Kier molecular flexibility index (Phi) is 1.24. The van der Waals surface area contributed by atoms with Crippen LogP contribution in [0.5, 0.6) is 0 Å². The van der Waals surface area contributed by atoms with Crippen molar-refractivity contribution in [1.82, 2.24) is 0 Å². The largest absolute Gasteiger partial charge is 0.481 e. The number of hydrogen-bond donors (Lipinski definition) is 2. The fraction of sp³-hybridized carbons (Fsp3) is 0.833. The van der Waals surface area contributed by atoms with E-state index in [1.165, 1.54) is 0 Å². The molecule has 1 saturated carbocycles. The van der Waals surface area contributed by atoms with Crippen molar-refractivity contribution in [2.45, 2.75) is 25.8 Å². The average Bonchev–Trinajstić information content (AvgIpc) is 2.10. The Labute approximate surface area is 53.9 Å². The van der Waals surface area contributed by atoms with E-state index in [1.807, 2.05) is 6.92 Å². The van der Waals surface area contributed by atoms with E-state index in [-0.39, 0.29) is 17.9 Å². The van der Waals surface area contributed by atoms with Gasteiger partial charge in [-0.25, -0.2) is 0 Å². The van der Waals surface area contributed by atoms with Gasteiger partial charge in [-0.05, 0) is 11.8 Å². The number of rotatable bonds is 2. The van der Waals surface area contributed by atoms with Gasteiger partial charge in [0.15, 0.2) is 0 Å². The van der Waals surface area contributed by atoms with Gasteiger partial charge in [0.2, 0.25) is 0 Å². The summed E-state index contributed by atoms with van der Waals surface area (Å²) in [6.45, 7) is 1.91. The van der Waals surface area contributed by atoms with Gasteiger partial charge < -0.3 is 10.8 Å². The number of carbonyl (C=O) groups is 1. The number of aliphatic carboxylic acids is 1. The molecule has 0 radical (unpaired) electrons. The topological polar surface area (TPSA) is 63.3 Å². The lowest BCUT2D eigenvalue weighted by atomic mass is 10.1. The maximum atomic E-state index is 10.1. The van der Waals surface area contributed by atoms with E-state index < -0.39 is 5.97 Å². The second-order valence-electron chi connectivity index (χ2n) is 3.04. The molecular weight excluding hydrogens is 118 g/mol. The monoisotopic (exact) mass is 129 g/mol. The molecule has 1 aliphatic carbocycles. The van der Waals surface area contributed by atoms with Crippen molar-refractivity contribution in [1.29, 1.82) is 0 Å². The maximum Gasteiger partial charge on any atom is 0.303 e. The molecule has 0 aliphatic heterocycles. The predicted octanol–water partition coefficient (Wildman–Crippen LogP) is 0.198. The Balaban J connectivity index is 2.37. The van der Waals surface area contributed by atoms with Crippen LogP contribution < -0.4 is 5.73 Å². The standard InChI is InChI=1S/C6H11NO2/c1-6(2-4(6)7)3-5(8)9/h4H,2-3,7H2,1H3,(H,8,9)/t4-,6-/m0/s1. The van der Waals surface area contributed by atoms with Crippen molar-refractivity contribution in [3.05, 3.63) is 0 Å². The summed E-state index contributed by atoms with van der Waals surface area (Å²) < 4.78 is 0. The molecule has 0 unspecified atom stereocenters. The van der Waals surface area contributed by atoms with Gasteiger partial charge in [0.05, 0.1) is 6.42 Å². The fourth-order valence-electron chi connectivity index (χ4n) is 0.992. The van der Waals surface area contributed by atoms with Gasteiger partial charge in [-0.2, -0.15) is 0 Å². The summed E-state index contributed by atoms with van der Waals surface area (Å²) in [4.78, 5) is 10.1. The third kappa shape index (κ3) is 1.21. The first-order valence-electron chi connectivity index (χ1n) is 3.02. The van der Waals surface area contributed by atoms with Gasteiger partial charge in [0, 0.05) is 6.04 Å². The zero-order valence-corrected chi connectivity index (χ0v) is 5.42. The van der Waals surface area contributed by atoms with Crippen LogP contribution in [0.1, 0.15) is 19.8 Å². The van der Waals surface area contributed by atoms with E-state index in [0.29, 0.717) is 0 Å². The first-order valence-corrected chi connectivity index (χ1v) is 3.02. The van der Waals surface area contributed by atoms with Gasteiger partial charge >= 0.3 is 5.97 Å². The molecule has 0 aromatic rings. The molecule has 0 aromatic heterocycles. The normalized spacial score (nSPS) is 40.4. The summed E-state index contributed by atoms with van der Waals surface area (Å²) in [5, 5.41) is 8.35. The van der Waals surface area contributed by atoms with E-state index in [2.05, 4.69) is 0 Å². The third-order valence-electron chi connectivity index (χ3n) is 1.98. The molecule has 0 saturated heterocycles.